The molecule has 0 saturated carbocycles. The monoisotopic (exact) mass is 510 g/mol. The Kier molecular flexibility index (Phi) is 6.97. The molecule has 1 unspecified atom stereocenters. The zero-order valence-electron chi connectivity index (χ0n) is 19.8. The molecule has 0 fully saturated rings. The molecule has 0 amide bonds. The van der Waals surface area contributed by atoms with Gasteiger partial charge in [-0.3, -0.25) is 0 Å². The van der Waals surface area contributed by atoms with Crippen LogP contribution in [0.25, 0.3) is 11.5 Å². The van der Waals surface area contributed by atoms with Gasteiger partial charge in [-0.15, -0.1) is 10.2 Å². The summed E-state index contributed by atoms with van der Waals surface area (Å²) < 4.78 is 48.3. The maximum Gasteiger partial charge on any atom is 0.277 e. The summed E-state index contributed by atoms with van der Waals surface area (Å²) in [7, 11) is 4.60. The van der Waals surface area contributed by atoms with Crippen LogP contribution >= 0.6 is 11.8 Å². The summed E-state index contributed by atoms with van der Waals surface area (Å²) in [5, 5.41) is 8.60. The molecular weight excluding hydrogens is 487 g/mol. The number of fused-ring (bicyclic) bond motifs is 1. The van der Waals surface area contributed by atoms with E-state index >= 15 is 0 Å². The zero-order chi connectivity index (χ0) is 25.1. The number of hydrogen-bond donors (Lipinski definition) is 0. The van der Waals surface area contributed by atoms with Gasteiger partial charge in [0, 0.05) is 28.0 Å². The first-order chi connectivity index (χ1) is 17.6. The third kappa shape index (κ3) is 4.82. The second-order valence-corrected chi connectivity index (χ2v) is 8.73. The molecule has 5 rings (SSSR count). The van der Waals surface area contributed by atoms with E-state index in [2.05, 4.69) is 10.2 Å². The van der Waals surface area contributed by atoms with Crippen LogP contribution < -0.4 is 18.9 Å². The Bertz CT molecular complexity index is 1340. The minimum absolute atomic E-state index is 0.246. The summed E-state index contributed by atoms with van der Waals surface area (Å²) in [6, 6.07) is 15.9. The van der Waals surface area contributed by atoms with Crippen molar-refractivity contribution in [3.63, 3.8) is 0 Å². The Morgan fingerprint density at radius 3 is 2.42 bits per heavy atom. The van der Waals surface area contributed by atoms with E-state index in [0.717, 1.165) is 5.56 Å². The Hall–Kier alpha value is -3.76. The Balaban J connectivity index is 1.36. The molecule has 10 heteroatoms. The number of thioether (sulfide) groups is 1. The van der Waals surface area contributed by atoms with E-state index in [1.807, 2.05) is 30.3 Å². The van der Waals surface area contributed by atoms with Gasteiger partial charge in [0.15, 0.2) is 11.5 Å². The number of hydrogen-bond acceptors (Lipinski definition) is 9. The number of aromatic nitrogens is 2. The van der Waals surface area contributed by atoms with E-state index < -0.39 is 6.29 Å². The largest absolute Gasteiger partial charge is 0.493 e. The van der Waals surface area contributed by atoms with Crippen LogP contribution in [0, 0.1) is 5.82 Å². The fourth-order valence-electron chi connectivity index (χ4n) is 3.89. The van der Waals surface area contributed by atoms with E-state index in [1.165, 1.54) is 45.2 Å². The van der Waals surface area contributed by atoms with Crippen molar-refractivity contribution in [2.75, 3.05) is 21.3 Å². The van der Waals surface area contributed by atoms with Crippen molar-refractivity contribution < 1.29 is 32.5 Å². The van der Waals surface area contributed by atoms with Gasteiger partial charge in [-0.05, 0) is 24.3 Å². The van der Waals surface area contributed by atoms with Crippen LogP contribution in [0.3, 0.4) is 0 Å². The fourth-order valence-corrected chi connectivity index (χ4v) is 4.62. The van der Waals surface area contributed by atoms with Crippen LogP contribution in [0.2, 0.25) is 0 Å². The first-order valence-corrected chi connectivity index (χ1v) is 12.0. The van der Waals surface area contributed by atoms with Crippen LogP contribution in [-0.2, 0) is 17.1 Å². The normalized spacial score (nSPS) is 14.6. The number of benzene rings is 3. The second kappa shape index (κ2) is 10.5. The van der Waals surface area contributed by atoms with Crippen molar-refractivity contribution in [3.8, 4) is 34.5 Å². The van der Waals surface area contributed by atoms with Gasteiger partial charge in [0.25, 0.3) is 5.22 Å². The molecule has 0 bridgehead atoms. The highest BCUT2D eigenvalue weighted by Crippen LogP contribution is 2.42. The molecule has 1 atom stereocenters. The summed E-state index contributed by atoms with van der Waals surface area (Å²) in [5.74, 6) is 2.29. The summed E-state index contributed by atoms with van der Waals surface area (Å²) in [6.07, 6.45) is -0.567. The number of nitrogens with zero attached hydrogens (tertiary/aromatic N) is 2. The SMILES string of the molecule is COc1cc(-c2nnc(SCc3cc(F)cc4c3OC(c3ccccc3)OC4)o2)cc(OC)c1OC. The maximum atomic E-state index is 14.3. The third-order valence-corrected chi connectivity index (χ3v) is 6.43. The predicted octanol–water partition coefficient (Wildman–Crippen LogP) is 5.80. The van der Waals surface area contributed by atoms with E-state index in [1.54, 1.807) is 12.1 Å². The van der Waals surface area contributed by atoms with Gasteiger partial charge in [0.1, 0.15) is 11.6 Å². The van der Waals surface area contributed by atoms with Crippen LogP contribution in [0.5, 0.6) is 23.0 Å². The molecule has 0 spiro atoms. The van der Waals surface area contributed by atoms with E-state index in [4.69, 9.17) is 28.1 Å². The molecule has 0 N–H and O–H groups in total. The zero-order valence-corrected chi connectivity index (χ0v) is 20.6. The average Bonchev–Trinajstić information content (AvgIpc) is 3.40. The van der Waals surface area contributed by atoms with Gasteiger partial charge >= 0.3 is 0 Å². The van der Waals surface area contributed by atoms with Crippen molar-refractivity contribution in [3.05, 3.63) is 77.1 Å². The van der Waals surface area contributed by atoms with E-state index in [9.17, 15) is 4.39 Å². The van der Waals surface area contributed by atoms with Crippen molar-refractivity contribution in [2.45, 2.75) is 23.9 Å². The number of ether oxygens (including phenoxy) is 5. The van der Waals surface area contributed by atoms with Crippen LogP contribution in [0.4, 0.5) is 4.39 Å². The maximum absolute atomic E-state index is 14.3. The fraction of sp³-hybridized carbons (Fsp3) is 0.231. The minimum atomic E-state index is -0.567. The Morgan fingerprint density at radius 1 is 0.972 bits per heavy atom. The molecular formula is C26H23FN2O6S. The van der Waals surface area contributed by atoms with Crippen molar-refractivity contribution in [1.82, 2.24) is 10.2 Å². The van der Waals surface area contributed by atoms with Crippen molar-refractivity contribution in [1.29, 1.82) is 0 Å². The molecule has 1 aliphatic heterocycles. The molecule has 1 aliphatic rings. The lowest BCUT2D eigenvalue weighted by Gasteiger charge is -2.28. The second-order valence-electron chi connectivity index (χ2n) is 7.80. The molecule has 1 aromatic heterocycles. The first kappa shape index (κ1) is 24.0. The average molecular weight is 511 g/mol. The molecule has 3 aromatic carbocycles. The molecule has 0 saturated heterocycles. The molecule has 0 radical (unpaired) electrons. The lowest BCUT2D eigenvalue weighted by molar-refractivity contribution is -0.112. The van der Waals surface area contributed by atoms with Gasteiger partial charge in [-0.1, -0.05) is 42.1 Å². The predicted molar refractivity (Wildman–Crippen MR) is 130 cm³/mol. The smallest absolute Gasteiger partial charge is 0.277 e. The first-order valence-electron chi connectivity index (χ1n) is 11.0. The lowest BCUT2D eigenvalue weighted by Crippen LogP contribution is -2.19. The van der Waals surface area contributed by atoms with Crippen LogP contribution in [0.1, 0.15) is 23.0 Å². The third-order valence-electron chi connectivity index (χ3n) is 5.56. The Labute approximate surface area is 211 Å². The molecule has 4 aromatic rings. The molecule has 36 heavy (non-hydrogen) atoms. The molecule has 186 valence electrons. The summed E-state index contributed by atoms with van der Waals surface area (Å²) in [6.45, 7) is 0.246. The number of halogens is 1. The number of methoxy groups -OCH3 is 3. The minimum Gasteiger partial charge on any atom is -0.493 e. The summed E-state index contributed by atoms with van der Waals surface area (Å²) in [4.78, 5) is 0. The van der Waals surface area contributed by atoms with Crippen LogP contribution in [0.15, 0.2) is 64.2 Å². The molecule has 8 nitrogen and oxygen atoms in total. The van der Waals surface area contributed by atoms with Gasteiger partial charge in [-0.25, -0.2) is 4.39 Å². The van der Waals surface area contributed by atoms with Crippen molar-refractivity contribution >= 4 is 11.8 Å². The summed E-state index contributed by atoms with van der Waals surface area (Å²) in [5.41, 5.74) is 2.82. The highest BCUT2D eigenvalue weighted by molar-refractivity contribution is 7.98. The van der Waals surface area contributed by atoms with E-state index in [0.29, 0.717) is 50.7 Å². The Morgan fingerprint density at radius 2 is 1.72 bits per heavy atom. The lowest BCUT2D eigenvalue weighted by atomic mass is 10.1. The van der Waals surface area contributed by atoms with Gasteiger partial charge in [0.2, 0.25) is 17.9 Å². The highest BCUT2D eigenvalue weighted by Gasteiger charge is 2.26. The highest BCUT2D eigenvalue weighted by atomic mass is 32.2. The topological polar surface area (TPSA) is 85.1 Å². The molecule has 0 aliphatic carbocycles. The van der Waals surface area contributed by atoms with E-state index in [-0.39, 0.29) is 18.3 Å². The quantitative estimate of drug-likeness (QED) is 0.273. The van der Waals surface area contributed by atoms with Gasteiger partial charge < -0.3 is 28.1 Å². The molecule has 2 heterocycles. The van der Waals surface area contributed by atoms with Crippen LogP contribution in [-0.4, -0.2) is 31.5 Å². The summed E-state index contributed by atoms with van der Waals surface area (Å²) >= 11 is 1.28. The number of rotatable bonds is 8. The van der Waals surface area contributed by atoms with Gasteiger partial charge in [-0.2, -0.15) is 0 Å². The van der Waals surface area contributed by atoms with Crippen molar-refractivity contribution in [2.24, 2.45) is 0 Å². The standard InChI is InChI=1S/C26H23FN2O6S/c1-30-20-11-16(12-21(31-2)23(20)32-3)24-28-29-26(35-24)36-14-18-10-19(27)9-17-13-33-25(34-22(17)18)15-7-5-4-6-8-15/h4-12,25H,13-14H2,1-3H3. The van der Waals surface area contributed by atoms with Gasteiger partial charge in [0.05, 0.1) is 27.9 Å².